The van der Waals surface area contributed by atoms with Crippen LogP contribution in [0.5, 0.6) is 0 Å². The Balaban J connectivity index is 1.86. The van der Waals surface area contributed by atoms with Crippen LogP contribution >= 0.6 is 0 Å². The number of H-pyrrole nitrogens is 1. The molecule has 2 N–H and O–H groups in total. The van der Waals surface area contributed by atoms with Crippen molar-refractivity contribution in [1.29, 1.82) is 0 Å². The second-order valence-electron chi connectivity index (χ2n) is 6.38. The molecule has 1 amide bonds. The normalized spacial score (nSPS) is 12.3. The largest absolute Gasteiger partial charge is 0.349 e. The molecule has 0 fully saturated rings. The van der Waals surface area contributed by atoms with Crippen LogP contribution in [0.2, 0.25) is 0 Å². The van der Waals surface area contributed by atoms with Gasteiger partial charge >= 0.3 is 0 Å². The van der Waals surface area contributed by atoms with Gasteiger partial charge in [-0.1, -0.05) is 30.3 Å². The molecule has 2 aromatic heterocycles. The fourth-order valence-electron chi connectivity index (χ4n) is 3.19. The topological polar surface area (TPSA) is 79.8 Å². The van der Waals surface area contributed by atoms with Gasteiger partial charge < -0.3 is 5.32 Å². The van der Waals surface area contributed by atoms with Gasteiger partial charge in [-0.15, -0.1) is 0 Å². The predicted molar refractivity (Wildman–Crippen MR) is 97.5 cm³/mol. The number of aromatic nitrogens is 3. The molecule has 3 aromatic rings. The summed E-state index contributed by atoms with van der Waals surface area (Å²) in [4.78, 5) is 29.1. The number of carbonyl (C=O) groups excluding carboxylic acids is 1. The van der Waals surface area contributed by atoms with E-state index in [0.717, 1.165) is 22.4 Å². The van der Waals surface area contributed by atoms with E-state index in [1.807, 2.05) is 51.1 Å². The highest BCUT2D eigenvalue weighted by atomic mass is 16.1. The molecule has 6 nitrogen and oxygen atoms in total. The third-order valence-electron chi connectivity index (χ3n) is 4.59. The van der Waals surface area contributed by atoms with Crippen LogP contribution in [-0.4, -0.2) is 20.7 Å². The van der Waals surface area contributed by atoms with E-state index in [0.29, 0.717) is 11.0 Å². The van der Waals surface area contributed by atoms with Crippen molar-refractivity contribution in [2.24, 2.45) is 7.05 Å². The average molecular weight is 338 g/mol. The number of benzene rings is 1. The summed E-state index contributed by atoms with van der Waals surface area (Å²) in [6, 6.07) is 9.74. The maximum Gasteiger partial charge on any atom is 0.273 e. The number of hydrogen-bond donors (Lipinski definition) is 2. The number of hydrogen-bond acceptors (Lipinski definition) is 3. The van der Waals surface area contributed by atoms with Gasteiger partial charge in [0.1, 0.15) is 0 Å². The lowest BCUT2D eigenvalue weighted by Gasteiger charge is -2.16. The Morgan fingerprint density at radius 2 is 1.96 bits per heavy atom. The van der Waals surface area contributed by atoms with Crippen molar-refractivity contribution in [2.45, 2.75) is 33.2 Å². The summed E-state index contributed by atoms with van der Waals surface area (Å²) < 4.78 is 1.61. The van der Waals surface area contributed by atoms with E-state index in [9.17, 15) is 9.59 Å². The zero-order valence-electron chi connectivity index (χ0n) is 14.9. The number of pyridine rings is 1. The van der Waals surface area contributed by atoms with E-state index in [-0.39, 0.29) is 23.9 Å². The maximum atomic E-state index is 12.5. The third kappa shape index (κ3) is 3.20. The highest BCUT2D eigenvalue weighted by Gasteiger charge is 2.18. The molecule has 6 heteroatoms. The average Bonchev–Trinajstić information content (AvgIpc) is 2.86. The predicted octanol–water partition coefficient (Wildman–Crippen LogP) is 2.30. The fourth-order valence-corrected chi connectivity index (χ4v) is 3.19. The summed E-state index contributed by atoms with van der Waals surface area (Å²) in [5.74, 6) is -0.0870. The van der Waals surface area contributed by atoms with E-state index in [1.165, 1.54) is 0 Å². The summed E-state index contributed by atoms with van der Waals surface area (Å²) in [5, 5.41) is 6.27. The molecule has 0 bridgehead atoms. The lowest BCUT2D eigenvalue weighted by Crippen LogP contribution is -2.28. The molecular weight excluding hydrogens is 316 g/mol. The Kier molecular flexibility index (Phi) is 4.44. The molecular formula is C19H22N4O2. The molecule has 0 aliphatic rings. The molecule has 130 valence electrons. The minimum atomic E-state index is -0.179. The second kappa shape index (κ2) is 6.55. The van der Waals surface area contributed by atoms with Crippen LogP contribution in [0.25, 0.3) is 11.0 Å². The number of amides is 1. The van der Waals surface area contributed by atoms with Crippen LogP contribution in [0.3, 0.4) is 0 Å². The number of aromatic amines is 1. The Bertz CT molecular complexity index is 986. The fraction of sp³-hybridized carbons (Fsp3) is 0.316. The zero-order chi connectivity index (χ0) is 18.1. The van der Waals surface area contributed by atoms with Crippen LogP contribution in [0.1, 0.15) is 35.3 Å². The summed E-state index contributed by atoms with van der Waals surface area (Å²) in [5.41, 5.74) is 3.87. The number of fused-ring (bicyclic) bond motifs is 1. The van der Waals surface area contributed by atoms with Gasteiger partial charge in [0.2, 0.25) is 5.91 Å². The minimum absolute atomic E-state index is 0.0777. The van der Waals surface area contributed by atoms with Crippen molar-refractivity contribution in [3.05, 3.63) is 63.1 Å². The summed E-state index contributed by atoms with van der Waals surface area (Å²) in [6.07, 6.45) is 0.201. The van der Waals surface area contributed by atoms with Gasteiger partial charge in [0.25, 0.3) is 5.56 Å². The minimum Gasteiger partial charge on any atom is -0.349 e. The molecule has 25 heavy (non-hydrogen) atoms. The number of carbonyl (C=O) groups is 1. The number of nitrogens with zero attached hydrogens (tertiary/aromatic N) is 2. The summed E-state index contributed by atoms with van der Waals surface area (Å²) >= 11 is 0. The highest BCUT2D eigenvalue weighted by Crippen LogP contribution is 2.20. The van der Waals surface area contributed by atoms with Crippen molar-refractivity contribution in [1.82, 2.24) is 20.1 Å². The molecule has 2 heterocycles. The Morgan fingerprint density at radius 3 is 2.64 bits per heavy atom. The van der Waals surface area contributed by atoms with Crippen LogP contribution in [0.4, 0.5) is 0 Å². The van der Waals surface area contributed by atoms with Crippen LogP contribution in [-0.2, 0) is 18.3 Å². The Hall–Kier alpha value is -2.89. The first-order valence-corrected chi connectivity index (χ1v) is 8.27. The first-order valence-electron chi connectivity index (χ1n) is 8.27. The zero-order valence-corrected chi connectivity index (χ0v) is 14.9. The molecule has 3 rings (SSSR count). The van der Waals surface area contributed by atoms with E-state index < -0.39 is 0 Å². The van der Waals surface area contributed by atoms with Crippen LogP contribution in [0, 0.1) is 13.8 Å². The van der Waals surface area contributed by atoms with Gasteiger partial charge in [0.15, 0.2) is 5.65 Å². The molecule has 1 aromatic carbocycles. The van der Waals surface area contributed by atoms with Gasteiger partial charge in [0, 0.05) is 12.7 Å². The van der Waals surface area contributed by atoms with Crippen LogP contribution in [0.15, 0.2) is 35.1 Å². The molecule has 0 saturated carbocycles. The molecule has 0 radical (unpaired) electrons. The van der Waals surface area contributed by atoms with Crippen molar-refractivity contribution >= 4 is 16.9 Å². The SMILES string of the molecule is Cc1nc2c(c(C)c1CC(=O)N[C@@H](C)c1ccccc1)c(=O)[nH]n2C. The standard InChI is InChI=1S/C19H22N4O2/c1-11-15(13(3)21-18-17(11)19(25)22-23(18)4)10-16(24)20-12(2)14-8-6-5-7-9-14/h5-9,12H,10H2,1-4H3,(H,20,24)(H,22,25)/t12-/m0/s1. The highest BCUT2D eigenvalue weighted by molar-refractivity contribution is 5.84. The quantitative estimate of drug-likeness (QED) is 0.766. The molecule has 0 aliphatic carbocycles. The van der Waals surface area contributed by atoms with Gasteiger partial charge in [-0.25, -0.2) is 4.98 Å². The lowest BCUT2D eigenvalue weighted by molar-refractivity contribution is -0.121. The number of nitrogens with one attached hydrogen (secondary N) is 2. The molecule has 1 atom stereocenters. The summed E-state index contributed by atoms with van der Waals surface area (Å²) in [6.45, 7) is 5.69. The van der Waals surface area contributed by atoms with Gasteiger partial charge in [-0.3, -0.25) is 19.4 Å². The molecule has 0 saturated heterocycles. The molecule has 0 aliphatic heterocycles. The smallest absolute Gasteiger partial charge is 0.273 e. The van der Waals surface area contributed by atoms with E-state index in [4.69, 9.17) is 0 Å². The lowest BCUT2D eigenvalue weighted by atomic mass is 10.0. The van der Waals surface area contributed by atoms with E-state index >= 15 is 0 Å². The first-order chi connectivity index (χ1) is 11.9. The third-order valence-corrected chi connectivity index (χ3v) is 4.59. The Morgan fingerprint density at radius 1 is 1.28 bits per heavy atom. The first kappa shape index (κ1) is 17.0. The van der Waals surface area contributed by atoms with E-state index in [1.54, 1.807) is 11.7 Å². The van der Waals surface area contributed by atoms with Crippen molar-refractivity contribution < 1.29 is 4.79 Å². The summed E-state index contributed by atoms with van der Waals surface area (Å²) in [7, 11) is 1.75. The maximum absolute atomic E-state index is 12.5. The number of aryl methyl sites for hydroxylation is 3. The van der Waals surface area contributed by atoms with Gasteiger partial charge in [0.05, 0.1) is 17.8 Å². The molecule has 0 unspecified atom stereocenters. The van der Waals surface area contributed by atoms with Crippen molar-refractivity contribution in [3.63, 3.8) is 0 Å². The monoisotopic (exact) mass is 338 g/mol. The Labute approximate surface area is 145 Å². The van der Waals surface area contributed by atoms with Gasteiger partial charge in [-0.2, -0.15) is 0 Å². The second-order valence-corrected chi connectivity index (χ2v) is 6.38. The molecule has 0 spiro atoms. The van der Waals surface area contributed by atoms with Crippen LogP contribution < -0.4 is 10.9 Å². The van der Waals surface area contributed by atoms with Crippen molar-refractivity contribution in [3.8, 4) is 0 Å². The van der Waals surface area contributed by atoms with Gasteiger partial charge in [-0.05, 0) is 37.5 Å². The van der Waals surface area contributed by atoms with Crippen molar-refractivity contribution in [2.75, 3.05) is 0 Å². The van der Waals surface area contributed by atoms with E-state index in [2.05, 4.69) is 15.4 Å². The number of rotatable bonds is 4.